The van der Waals surface area contributed by atoms with Gasteiger partial charge < -0.3 is 10.5 Å². The Balaban J connectivity index is 2.58. The van der Waals surface area contributed by atoms with Gasteiger partial charge in [-0.05, 0) is 0 Å². The molecule has 0 amide bonds. The third-order valence-corrected chi connectivity index (χ3v) is 2.67. The molecule has 1 atom stereocenters. The highest BCUT2D eigenvalue weighted by Gasteiger charge is 2.14. The number of thiazole rings is 1. The number of esters is 1. The number of nitrogens with zero attached hydrogens (tertiary/aromatic N) is 1. The lowest BCUT2D eigenvalue weighted by atomic mass is 10.2. The zero-order chi connectivity index (χ0) is 9.84. The summed E-state index contributed by atoms with van der Waals surface area (Å²) in [6, 6.07) is -0.426. The Morgan fingerprint density at radius 1 is 1.92 bits per heavy atom. The summed E-state index contributed by atoms with van der Waals surface area (Å²) < 4.78 is 5.04. The van der Waals surface area contributed by atoms with E-state index in [4.69, 9.17) is 17.3 Å². The number of nitrogens with two attached hydrogens (primary N) is 1. The molecule has 0 saturated heterocycles. The van der Waals surface area contributed by atoms with Crippen LogP contribution in [0.2, 0.25) is 4.34 Å². The van der Waals surface area contributed by atoms with E-state index in [1.165, 1.54) is 24.6 Å². The quantitative estimate of drug-likeness (QED) is 0.782. The molecule has 4 nitrogen and oxygen atoms in total. The standard InChI is InChI=1S/C7H9ClN2O2S/c1-12-6(11)2-4(9)7-10-3-5(8)13-7/h3-4H,2,9H2,1H3/t4-/m1/s1. The summed E-state index contributed by atoms with van der Waals surface area (Å²) in [7, 11) is 1.32. The number of halogens is 1. The smallest absolute Gasteiger partial charge is 0.307 e. The molecular weight excluding hydrogens is 212 g/mol. The Morgan fingerprint density at radius 3 is 3.08 bits per heavy atom. The SMILES string of the molecule is COC(=O)C[C@@H](N)c1ncc(Cl)s1. The lowest BCUT2D eigenvalue weighted by molar-refractivity contribution is -0.141. The Kier molecular flexibility index (Phi) is 3.65. The first-order valence-electron chi connectivity index (χ1n) is 3.57. The Bertz CT molecular complexity index is 302. The van der Waals surface area contributed by atoms with Crippen molar-refractivity contribution in [1.82, 2.24) is 4.98 Å². The summed E-state index contributed by atoms with van der Waals surface area (Å²) in [5.41, 5.74) is 5.67. The normalized spacial score (nSPS) is 12.5. The minimum Gasteiger partial charge on any atom is -0.469 e. The van der Waals surface area contributed by atoms with Gasteiger partial charge in [0.2, 0.25) is 0 Å². The molecule has 1 aromatic heterocycles. The van der Waals surface area contributed by atoms with Crippen LogP contribution in [0.25, 0.3) is 0 Å². The average Bonchev–Trinajstić information content (AvgIpc) is 2.51. The number of methoxy groups -OCH3 is 1. The molecule has 0 aliphatic carbocycles. The molecule has 0 saturated carbocycles. The number of ether oxygens (including phenoxy) is 1. The Labute approximate surface area is 84.7 Å². The van der Waals surface area contributed by atoms with E-state index in [0.29, 0.717) is 9.34 Å². The van der Waals surface area contributed by atoms with Gasteiger partial charge in [-0.3, -0.25) is 4.79 Å². The van der Waals surface area contributed by atoms with Gasteiger partial charge in [0, 0.05) is 0 Å². The predicted octanol–water partition coefficient (Wildman–Crippen LogP) is 1.36. The van der Waals surface area contributed by atoms with Crippen molar-refractivity contribution in [3.8, 4) is 0 Å². The minimum atomic E-state index is -0.426. The Morgan fingerprint density at radius 2 is 2.62 bits per heavy atom. The van der Waals surface area contributed by atoms with Crippen molar-refractivity contribution >= 4 is 28.9 Å². The first kappa shape index (κ1) is 10.4. The van der Waals surface area contributed by atoms with Crippen molar-refractivity contribution in [3.63, 3.8) is 0 Å². The maximum Gasteiger partial charge on any atom is 0.307 e. The molecule has 0 aliphatic rings. The van der Waals surface area contributed by atoms with Gasteiger partial charge in [-0.15, -0.1) is 11.3 Å². The second-order valence-electron chi connectivity index (χ2n) is 2.39. The van der Waals surface area contributed by atoms with Gasteiger partial charge in [-0.1, -0.05) is 11.6 Å². The lowest BCUT2D eigenvalue weighted by Crippen LogP contribution is -2.15. The first-order chi connectivity index (χ1) is 6.13. The van der Waals surface area contributed by atoms with E-state index in [1.807, 2.05) is 0 Å². The molecule has 13 heavy (non-hydrogen) atoms. The van der Waals surface area contributed by atoms with Gasteiger partial charge in [-0.25, -0.2) is 4.98 Å². The highest BCUT2D eigenvalue weighted by atomic mass is 35.5. The van der Waals surface area contributed by atoms with Gasteiger partial charge in [0.1, 0.15) is 9.34 Å². The zero-order valence-electron chi connectivity index (χ0n) is 6.99. The molecule has 0 fully saturated rings. The predicted molar refractivity (Wildman–Crippen MR) is 50.7 cm³/mol. The summed E-state index contributed by atoms with van der Waals surface area (Å²) in [6.45, 7) is 0. The van der Waals surface area contributed by atoms with Crippen molar-refractivity contribution in [1.29, 1.82) is 0 Å². The largest absolute Gasteiger partial charge is 0.469 e. The molecule has 72 valence electrons. The van der Waals surface area contributed by atoms with Crippen LogP contribution in [0.4, 0.5) is 0 Å². The van der Waals surface area contributed by atoms with Gasteiger partial charge >= 0.3 is 5.97 Å². The summed E-state index contributed by atoms with van der Waals surface area (Å²) in [6.07, 6.45) is 1.64. The molecule has 0 bridgehead atoms. The fourth-order valence-corrected chi connectivity index (χ4v) is 1.72. The van der Waals surface area contributed by atoms with Crippen LogP contribution in [0.3, 0.4) is 0 Å². The molecule has 2 N–H and O–H groups in total. The second kappa shape index (κ2) is 4.55. The van der Waals surface area contributed by atoms with Gasteiger partial charge in [-0.2, -0.15) is 0 Å². The fourth-order valence-electron chi connectivity index (χ4n) is 0.789. The maximum atomic E-state index is 10.8. The molecule has 0 unspecified atom stereocenters. The van der Waals surface area contributed by atoms with E-state index in [9.17, 15) is 4.79 Å². The van der Waals surface area contributed by atoms with E-state index >= 15 is 0 Å². The molecular formula is C7H9ClN2O2S. The van der Waals surface area contributed by atoms with Crippen molar-refractivity contribution in [2.75, 3.05) is 7.11 Å². The lowest BCUT2D eigenvalue weighted by Gasteiger charge is -2.05. The first-order valence-corrected chi connectivity index (χ1v) is 4.76. The molecule has 1 aromatic rings. The highest BCUT2D eigenvalue weighted by molar-refractivity contribution is 7.15. The van der Waals surface area contributed by atoms with Crippen LogP contribution >= 0.6 is 22.9 Å². The number of rotatable bonds is 3. The number of hydrogen-bond acceptors (Lipinski definition) is 5. The van der Waals surface area contributed by atoms with Crippen molar-refractivity contribution in [2.45, 2.75) is 12.5 Å². The summed E-state index contributed by atoms with van der Waals surface area (Å²) >= 11 is 6.93. The third kappa shape index (κ3) is 2.95. The van der Waals surface area contributed by atoms with Crippen LogP contribution in [0, 0.1) is 0 Å². The monoisotopic (exact) mass is 220 g/mol. The number of hydrogen-bond donors (Lipinski definition) is 1. The summed E-state index contributed by atoms with van der Waals surface area (Å²) in [5.74, 6) is -0.348. The number of aromatic nitrogens is 1. The van der Waals surface area contributed by atoms with Crippen molar-refractivity contribution in [2.24, 2.45) is 5.73 Å². The summed E-state index contributed by atoms with van der Waals surface area (Å²) in [5, 5.41) is 0.649. The molecule has 0 spiro atoms. The van der Waals surface area contributed by atoms with E-state index in [0.717, 1.165) is 0 Å². The van der Waals surface area contributed by atoms with Crippen LogP contribution in [0.1, 0.15) is 17.5 Å². The molecule has 6 heteroatoms. The summed E-state index contributed by atoms with van der Waals surface area (Å²) in [4.78, 5) is 14.8. The molecule has 1 heterocycles. The number of carbonyl (C=O) groups is 1. The van der Waals surface area contributed by atoms with Crippen LogP contribution in [0.5, 0.6) is 0 Å². The molecule has 0 aromatic carbocycles. The van der Waals surface area contributed by atoms with Crippen LogP contribution in [-0.4, -0.2) is 18.1 Å². The second-order valence-corrected chi connectivity index (χ2v) is 4.08. The third-order valence-electron chi connectivity index (χ3n) is 1.43. The van der Waals surface area contributed by atoms with Crippen LogP contribution < -0.4 is 5.73 Å². The van der Waals surface area contributed by atoms with E-state index in [1.54, 1.807) is 0 Å². The fraction of sp³-hybridized carbons (Fsp3) is 0.429. The minimum absolute atomic E-state index is 0.125. The Hall–Kier alpha value is -0.650. The van der Waals surface area contributed by atoms with E-state index in [-0.39, 0.29) is 12.4 Å². The maximum absolute atomic E-state index is 10.8. The van der Waals surface area contributed by atoms with E-state index in [2.05, 4.69) is 9.72 Å². The topological polar surface area (TPSA) is 65.2 Å². The van der Waals surface area contributed by atoms with Crippen LogP contribution in [-0.2, 0) is 9.53 Å². The average molecular weight is 221 g/mol. The van der Waals surface area contributed by atoms with Crippen molar-refractivity contribution < 1.29 is 9.53 Å². The van der Waals surface area contributed by atoms with Gasteiger partial charge in [0.25, 0.3) is 0 Å². The highest BCUT2D eigenvalue weighted by Crippen LogP contribution is 2.24. The molecule has 1 rings (SSSR count). The van der Waals surface area contributed by atoms with Crippen molar-refractivity contribution in [3.05, 3.63) is 15.5 Å². The molecule has 0 aliphatic heterocycles. The number of carbonyl (C=O) groups excluding carboxylic acids is 1. The zero-order valence-corrected chi connectivity index (χ0v) is 8.56. The van der Waals surface area contributed by atoms with Gasteiger partial charge in [0.05, 0.1) is 25.8 Å². The van der Waals surface area contributed by atoms with Gasteiger partial charge in [0.15, 0.2) is 0 Å². The van der Waals surface area contributed by atoms with Crippen LogP contribution in [0.15, 0.2) is 6.20 Å². The van der Waals surface area contributed by atoms with E-state index < -0.39 is 6.04 Å². The molecule has 0 radical (unpaired) electrons.